The van der Waals surface area contributed by atoms with Crippen molar-refractivity contribution in [2.24, 2.45) is 0 Å². The maximum atomic E-state index is 13.5. The maximum Gasteiger partial charge on any atom is 0.323 e. The number of amides is 2. The van der Waals surface area contributed by atoms with Crippen LogP contribution in [0.4, 0.5) is 20.6 Å². The number of halogens is 1. The first-order valence-corrected chi connectivity index (χ1v) is 8.05. The van der Waals surface area contributed by atoms with Crippen LogP contribution < -0.4 is 10.6 Å². The summed E-state index contributed by atoms with van der Waals surface area (Å²) < 4.78 is 13.5. The van der Waals surface area contributed by atoms with E-state index in [-0.39, 0.29) is 11.8 Å². The third-order valence-corrected chi connectivity index (χ3v) is 3.92. The molecule has 5 nitrogen and oxygen atoms in total. The Labute approximate surface area is 145 Å². The van der Waals surface area contributed by atoms with E-state index in [1.807, 2.05) is 38.1 Å². The molecule has 0 atom stereocenters. The average molecular weight is 338 g/mol. The smallest absolute Gasteiger partial charge is 0.307 e. The second-order valence-electron chi connectivity index (χ2n) is 5.68. The molecule has 0 aliphatic heterocycles. The fraction of sp³-hybridized carbons (Fsp3) is 0.158. The Bertz CT molecular complexity index is 904. The maximum absolute atomic E-state index is 13.5. The number of hydrogen-bond acceptors (Lipinski definition) is 2. The molecule has 3 rings (SSSR count). The molecule has 0 aliphatic carbocycles. The third-order valence-electron chi connectivity index (χ3n) is 3.92. The second kappa shape index (κ2) is 7.17. The number of carbonyl (C=O) groups is 1. The van der Waals surface area contributed by atoms with Gasteiger partial charge in [-0.15, -0.1) is 0 Å². The molecule has 0 radical (unpaired) electrons. The van der Waals surface area contributed by atoms with Gasteiger partial charge in [0.15, 0.2) is 0 Å². The van der Waals surface area contributed by atoms with Crippen LogP contribution in [-0.4, -0.2) is 16.2 Å². The van der Waals surface area contributed by atoms with Crippen molar-refractivity contribution in [3.63, 3.8) is 0 Å². The number of H-pyrrole nitrogens is 1. The van der Waals surface area contributed by atoms with E-state index >= 15 is 0 Å². The van der Waals surface area contributed by atoms with Gasteiger partial charge in [0.2, 0.25) is 0 Å². The van der Waals surface area contributed by atoms with Gasteiger partial charge < -0.3 is 10.6 Å². The summed E-state index contributed by atoms with van der Waals surface area (Å²) in [6.45, 7) is 3.87. The Balaban J connectivity index is 1.88. The summed E-state index contributed by atoms with van der Waals surface area (Å²) in [5.74, 6) is -0.353. The van der Waals surface area contributed by atoms with Crippen LogP contribution in [0.15, 0.2) is 48.5 Å². The molecule has 0 spiro atoms. The predicted octanol–water partition coefficient (Wildman–Crippen LogP) is 4.73. The zero-order valence-corrected chi connectivity index (χ0v) is 14.1. The molecule has 0 unspecified atom stereocenters. The second-order valence-corrected chi connectivity index (χ2v) is 5.68. The molecule has 3 N–H and O–H groups in total. The Kier molecular flexibility index (Phi) is 4.79. The number of aromatic amines is 1. The van der Waals surface area contributed by atoms with Crippen LogP contribution in [0.3, 0.4) is 0 Å². The summed E-state index contributed by atoms with van der Waals surface area (Å²) in [5, 5.41) is 12.8. The fourth-order valence-electron chi connectivity index (χ4n) is 2.59. The predicted molar refractivity (Wildman–Crippen MR) is 97.2 cm³/mol. The lowest BCUT2D eigenvalue weighted by Gasteiger charge is -2.11. The number of benzene rings is 2. The van der Waals surface area contributed by atoms with Crippen LogP contribution in [0.25, 0.3) is 11.3 Å². The van der Waals surface area contributed by atoms with E-state index in [0.29, 0.717) is 23.4 Å². The van der Waals surface area contributed by atoms with Gasteiger partial charge in [-0.05, 0) is 37.1 Å². The first-order valence-electron chi connectivity index (χ1n) is 8.05. The molecule has 1 aromatic heterocycles. The quantitative estimate of drug-likeness (QED) is 0.643. The van der Waals surface area contributed by atoms with Crippen molar-refractivity contribution in [2.45, 2.75) is 20.3 Å². The summed E-state index contributed by atoms with van der Waals surface area (Å²) in [5.41, 5.74) is 4.14. The van der Waals surface area contributed by atoms with E-state index in [1.165, 1.54) is 12.1 Å². The lowest BCUT2D eigenvalue weighted by atomic mass is 10.1. The Morgan fingerprint density at radius 1 is 1.16 bits per heavy atom. The number of hydrogen-bond donors (Lipinski definition) is 3. The molecule has 0 saturated heterocycles. The monoisotopic (exact) mass is 338 g/mol. The van der Waals surface area contributed by atoms with Crippen molar-refractivity contribution in [1.82, 2.24) is 10.2 Å². The minimum Gasteiger partial charge on any atom is -0.307 e. The molecule has 128 valence electrons. The number of aryl methyl sites for hydroxylation is 2. The largest absolute Gasteiger partial charge is 0.323 e. The SMILES string of the molecule is CCc1[nH]nc(-c2cccc(F)c2)c1NC(=O)Nc1ccccc1C. The third kappa shape index (κ3) is 3.68. The lowest BCUT2D eigenvalue weighted by molar-refractivity contribution is 0.262. The van der Waals surface area contributed by atoms with Crippen LogP contribution in [0.5, 0.6) is 0 Å². The summed E-state index contributed by atoms with van der Waals surface area (Å²) in [4.78, 5) is 12.4. The summed E-state index contributed by atoms with van der Waals surface area (Å²) in [6, 6.07) is 13.3. The van der Waals surface area contributed by atoms with Crippen molar-refractivity contribution < 1.29 is 9.18 Å². The number of nitrogens with one attached hydrogen (secondary N) is 3. The number of urea groups is 1. The number of nitrogens with zero attached hydrogens (tertiary/aromatic N) is 1. The van der Waals surface area contributed by atoms with Gasteiger partial charge in [0.05, 0.1) is 11.4 Å². The van der Waals surface area contributed by atoms with Gasteiger partial charge in [-0.3, -0.25) is 5.10 Å². The van der Waals surface area contributed by atoms with Gasteiger partial charge in [-0.25, -0.2) is 9.18 Å². The molecular weight excluding hydrogens is 319 g/mol. The zero-order chi connectivity index (χ0) is 17.8. The van der Waals surface area contributed by atoms with Crippen LogP contribution in [0.1, 0.15) is 18.2 Å². The lowest BCUT2D eigenvalue weighted by Crippen LogP contribution is -2.20. The molecule has 0 saturated carbocycles. The Morgan fingerprint density at radius 2 is 1.96 bits per heavy atom. The highest BCUT2D eigenvalue weighted by atomic mass is 19.1. The zero-order valence-electron chi connectivity index (χ0n) is 14.1. The van der Waals surface area contributed by atoms with Crippen LogP contribution in [0.2, 0.25) is 0 Å². The highest BCUT2D eigenvalue weighted by molar-refractivity contribution is 6.02. The van der Waals surface area contributed by atoms with Crippen molar-refractivity contribution in [1.29, 1.82) is 0 Å². The summed E-state index contributed by atoms with van der Waals surface area (Å²) >= 11 is 0. The van der Waals surface area contributed by atoms with Crippen molar-refractivity contribution in [3.05, 3.63) is 65.6 Å². The Morgan fingerprint density at radius 3 is 2.68 bits per heavy atom. The summed E-state index contributed by atoms with van der Waals surface area (Å²) in [6.07, 6.45) is 0.655. The molecule has 1 heterocycles. The van der Waals surface area contributed by atoms with Crippen molar-refractivity contribution >= 4 is 17.4 Å². The van der Waals surface area contributed by atoms with Gasteiger partial charge in [0, 0.05) is 11.3 Å². The van der Waals surface area contributed by atoms with E-state index in [1.54, 1.807) is 12.1 Å². The van der Waals surface area contributed by atoms with Crippen LogP contribution in [-0.2, 0) is 6.42 Å². The first-order chi connectivity index (χ1) is 12.1. The average Bonchev–Trinajstić information content (AvgIpc) is 2.99. The molecule has 2 amide bonds. The van der Waals surface area contributed by atoms with E-state index in [9.17, 15) is 9.18 Å². The van der Waals surface area contributed by atoms with Crippen molar-refractivity contribution in [3.8, 4) is 11.3 Å². The molecule has 0 fully saturated rings. The van der Waals surface area contributed by atoms with Gasteiger partial charge in [-0.1, -0.05) is 37.3 Å². The summed E-state index contributed by atoms with van der Waals surface area (Å²) in [7, 11) is 0. The number of rotatable bonds is 4. The highest BCUT2D eigenvalue weighted by Gasteiger charge is 2.17. The number of para-hydroxylation sites is 1. The molecular formula is C19H19FN4O. The van der Waals surface area contributed by atoms with E-state index < -0.39 is 0 Å². The molecule has 6 heteroatoms. The molecule has 0 aliphatic rings. The highest BCUT2D eigenvalue weighted by Crippen LogP contribution is 2.29. The van der Waals surface area contributed by atoms with E-state index in [4.69, 9.17) is 0 Å². The normalized spacial score (nSPS) is 10.5. The number of aromatic nitrogens is 2. The molecule has 25 heavy (non-hydrogen) atoms. The molecule has 2 aromatic carbocycles. The number of carbonyl (C=O) groups excluding carboxylic acids is 1. The van der Waals surface area contributed by atoms with E-state index in [2.05, 4.69) is 20.8 Å². The topological polar surface area (TPSA) is 69.8 Å². The number of anilines is 2. The molecule has 0 bridgehead atoms. The van der Waals surface area contributed by atoms with Gasteiger partial charge in [0.25, 0.3) is 0 Å². The minimum absolute atomic E-state index is 0.353. The minimum atomic E-state index is -0.372. The molecule has 3 aromatic rings. The van der Waals surface area contributed by atoms with Gasteiger partial charge in [-0.2, -0.15) is 5.10 Å². The van der Waals surface area contributed by atoms with Gasteiger partial charge >= 0.3 is 6.03 Å². The Hall–Kier alpha value is -3.15. The standard InChI is InChI=1S/C19H19FN4O/c1-3-15-18(17(24-23-15)13-8-6-9-14(20)11-13)22-19(25)21-16-10-5-4-7-12(16)2/h4-11H,3H2,1-2H3,(H,23,24)(H2,21,22,25). The fourth-order valence-corrected chi connectivity index (χ4v) is 2.59. The van der Waals surface area contributed by atoms with Gasteiger partial charge in [0.1, 0.15) is 11.5 Å². The van der Waals surface area contributed by atoms with E-state index in [0.717, 1.165) is 16.9 Å². The van der Waals surface area contributed by atoms with Crippen LogP contribution in [0, 0.1) is 12.7 Å². The van der Waals surface area contributed by atoms with Crippen LogP contribution >= 0.6 is 0 Å². The first kappa shape index (κ1) is 16.7. The van der Waals surface area contributed by atoms with Crippen molar-refractivity contribution in [2.75, 3.05) is 10.6 Å².